The number of nitro benzene ring substituents is 1. The largest absolute Gasteiger partial charge is 0.490 e. The van der Waals surface area contributed by atoms with Crippen LogP contribution < -0.4 is 4.74 Å². The number of nitrogens with zero attached hydrogens (tertiary/aromatic N) is 3. The van der Waals surface area contributed by atoms with E-state index in [1.54, 1.807) is 54.3 Å². The third kappa shape index (κ3) is 8.05. The van der Waals surface area contributed by atoms with Gasteiger partial charge in [-0.05, 0) is 57.0 Å². The van der Waals surface area contributed by atoms with Gasteiger partial charge in [0.2, 0.25) is 0 Å². The van der Waals surface area contributed by atoms with Gasteiger partial charge in [0.15, 0.2) is 0 Å². The minimum absolute atomic E-state index is 0.0263. The van der Waals surface area contributed by atoms with E-state index >= 15 is 0 Å². The summed E-state index contributed by atoms with van der Waals surface area (Å²) in [4.78, 5) is 25.2. The zero-order chi connectivity index (χ0) is 27.2. The summed E-state index contributed by atoms with van der Waals surface area (Å²) in [6, 6.07) is 12.1. The molecule has 0 aromatic heterocycles. The first-order valence-corrected chi connectivity index (χ1v) is 12.2. The number of benzene rings is 2. The van der Waals surface area contributed by atoms with Gasteiger partial charge in [-0.3, -0.25) is 10.1 Å². The van der Waals surface area contributed by atoms with Gasteiger partial charge in [-0.2, -0.15) is 5.26 Å². The molecule has 0 aliphatic carbocycles. The number of aryl methyl sites for hydroxylation is 1. The topological polar surface area (TPSA) is 126 Å². The molecule has 1 saturated heterocycles. The number of aliphatic hydroxyl groups is 1. The van der Waals surface area contributed by atoms with Gasteiger partial charge in [0.25, 0.3) is 5.69 Å². The van der Waals surface area contributed by atoms with E-state index in [4.69, 9.17) is 14.7 Å². The van der Waals surface area contributed by atoms with Gasteiger partial charge in [-0.15, -0.1) is 0 Å². The zero-order valence-electron chi connectivity index (χ0n) is 21.6. The lowest BCUT2D eigenvalue weighted by molar-refractivity contribution is -0.385. The first-order valence-electron chi connectivity index (χ1n) is 12.2. The molecule has 0 saturated carbocycles. The van der Waals surface area contributed by atoms with Gasteiger partial charge in [-0.25, -0.2) is 4.79 Å². The van der Waals surface area contributed by atoms with Crippen LogP contribution in [0.3, 0.4) is 0 Å². The summed E-state index contributed by atoms with van der Waals surface area (Å²) in [5.74, 6) is 0.522. The molecule has 1 atom stereocenters. The first-order chi connectivity index (χ1) is 17.4. The predicted molar refractivity (Wildman–Crippen MR) is 139 cm³/mol. The second-order valence-corrected chi connectivity index (χ2v) is 10.2. The second kappa shape index (κ2) is 11.9. The molecule has 0 spiro atoms. The number of carbonyl (C=O) groups excluding carboxylic acids is 1. The number of nitro groups is 1. The summed E-state index contributed by atoms with van der Waals surface area (Å²) < 4.78 is 11.6. The summed E-state index contributed by atoms with van der Waals surface area (Å²) in [5.41, 5.74) is 1.60. The number of nitriles is 1. The van der Waals surface area contributed by atoms with Crippen molar-refractivity contribution < 1.29 is 24.3 Å². The molecule has 1 unspecified atom stereocenters. The fourth-order valence-electron chi connectivity index (χ4n) is 4.07. The lowest BCUT2D eigenvalue weighted by atomic mass is 10.0. The maximum absolute atomic E-state index is 12.3. The van der Waals surface area contributed by atoms with E-state index in [1.807, 2.05) is 20.8 Å². The SMILES string of the molecule is Cc1cc([N+](=O)[O-])c(CC(O)/C=C/c2cccc(C#N)c2)cc1OC1CCN(C(=O)OC(C)(C)C)CC1. The Morgan fingerprint density at radius 1 is 1.30 bits per heavy atom. The molecule has 0 radical (unpaired) electrons. The van der Waals surface area contributed by atoms with Gasteiger partial charge >= 0.3 is 6.09 Å². The summed E-state index contributed by atoms with van der Waals surface area (Å²) in [5, 5.41) is 31.3. The van der Waals surface area contributed by atoms with Crippen molar-refractivity contribution in [2.75, 3.05) is 13.1 Å². The Kier molecular flexibility index (Phi) is 8.90. The van der Waals surface area contributed by atoms with Crippen molar-refractivity contribution >= 4 is 17.9 Å². The monoisotopic (exact) mass is 507 g/mol. The molecule has 3 rings (SSSR count). The molecule has 9 heteroatoms. The first kappa shape index (κ1) is 27.7. The maximum atomic E-state index is 12.3. The Morgan fingerprint density at radius 2 is 2.00 bits per heavy atom. The van der Waals surface area contributed by atoms with Crippen LogP contribution in [0.25, 0.3) is 6.08 Å². The Morgan fingerprint density at radius 3 is 2.62 bits per heavy atom. The second-order valence-electron chi connectivity index (χ2n) is 10.2. The quantitative estimate of drug-likeness (QED) is 0.405. The highest BCUT2D eigenvalue weighted by Crippen LogP contribution is 2.31. The number of piperidine rings is 1. The average molecular weight is 508 g/mol. The molecule has 2 aromatic rings. The minimum atomic E-state index is -0.975. The van der Waals surface area contributed by atoms with Gasteiger partial charge in [0.1, 0.15) is 17.5 Å². The molecule has 37 heavy (non-hydrogen) atoms. The molecule has 196 valence electrons. The van der Waals surface area contributed by atoms with Crippen LogP contribution in [0.1, 0.15) is 55.9 Å². The number of ether oxygens (including phenoxy) is 2. The van der Waals surface area contributed by atoms with E-state index in [2.05, 4.69) is 6.07 Å². The van der Waals surface area contributed by atoms with E-state index in [0.29, 0.717) is 48.4 Å². The van der Waals surface area contributed by atoms with Crippen LogP contribution in [0.4, 0.5) is 10.5 Å². The Bertz CT molecular complexity index is 1200. The predicted octanol–water partition coefficient (Wildman–Crippen LogP) is 5.17. The van der Waals surface area contributed by atoms with E-state index in [0.717, 1.165) is 5.56 Å². The summed E-state index contributed by atoms with van der Waals surface area (Å²) >= 11 is 0. The van der Waals surface area contributed by atoms with Crippen LogP contribution in [-0.4, -0.2) is 51.9 Å². The zero-order valence-corrected chi connectivity index (χ0v) is 21.6. The number of aliphatic hydroxyl groups excluding tert-OH is 1. The summed E-state index contributed by atoms with van der Waals surface area (Å²) in [6.45, 7) is 8.22. The maximum Gasteiger partial charge on any atom is 0.410 e. The van der Waals surface area contributed by atoms with E-state index < -0.39 is 16.6 Å². The molecule has 1 N–H and O–H groups in total. The molecular formula is C28H33N3O6. The molecule has 2 aromatic carbocycles. The normalized spacial score (nSPS) is 15.3. The number of hydrogen-bond acceptors (Lipinski definition) is 7. The standard InChI is InChI=1S/C28H33N3O6/c1-19-14-25(31(34)35)22(16-23(32)9-8-20-6-5-7-21(15-20)18-29)17-26(19)36-24-10-12-30(13-11-24)27(33)37-28(2,3)4/h5-9,14-15,17,23-24,32H,10-13,16H2,1-4H3/b9-8+. The van der Waals surface area contributed by atoms with Crippen molar-refractivity contribution in [3.8, 4) is 11.8 Å². The van der Waals surface area contributed by atoms with Gasteiger partial charge in [0.05, 0.1) is 22.7 Å². The van der Waals surface area contributed by atoms with Crippen LogP contribution in [-0.2, 0) is 11.2 Å². The number of hydrogen-bond donors (Lipinski definition) is 1. The Hall–Kier alpha value is -3.90. The van der Waals surface area contributed by atoms with Crippen molar-refractivity contribution in [3.63, 3.8) is 0 Å². The van der Waals surface area contributed by atoms with Crippen LogP contribution in [0.5, 0.6) is 5.75 Å². The molecule has 1 amide bonds. The van der Waals surface area contributed by atoms with Gasteiger partial charge in [-0.1, -0.05) is 24.3 Å². The van der Waals surface area contributed by atoms with Gasteiger partial charge < -0.3 is 19.5 Å². The van der Waals surface area contributed by atoms with Crippen LogP contribution in [0.2, 0.25) is 0 Å². The van der Waals surface area contributed by atoms with E-state index in [1.165, 1.54) is 6.07 Å². The third-order valence-electron chi connectivity index (χ3n) is 5.92. The van der Waals surface area contributed by atoms with Crippen molar-refractivity contribution in [3.05, 3.63) is 74.8 Å². The molecule has 1 fully saturated rings. The minimum Gasteiger partial charge on any atom is -0.490 e. The fourth-order valence-corrected chi connectivity index (χ4v) is 4.07. The van der Waals surface area contributed by atoms with E-state index in [9.17, 15) is 20.0 Å². The van der Waals surface area contributed by atoms with E-state index in [-0.39, 0.29) is 24.3 Å². The van der Waals surface area contributed by atoms with Crippen LogP contribution >= 0.6 is 0 Å². The average Bonchev–Trinajstić information content (AvgIpc) is 2.84. The summed E-state index contributed by atoms with van der Waals surface area (Å²) in [6.07, 6.45) is 3.01. The van der Waals surface area contributed by atoms with Crippen molar-refractivity contribution in [2.24, 2.45) is 0 Å². The number of amides is 1. The highest BCUT2D eigenvalue weighted by atomic mass is 16.6. The molecule has 1 heterocycles. The molecule has 1 aliphatic heterocycles. The van der Waals surface area contributed by atoms with Gasteiger partial charge in [0, 0.05) is 44.0 Å². The number of likely N-dealkylation sites (tertiary alicyclic amines) is 1. The fraction of sp³-hybridized carbons (Fsp3) is 0.429. The van der Waals surface area contributed by atoms with Crippen molar-refractivity contribution in [2.45, 2.75) is 64.8 Å². The molecule has 9 nitrogen and oxygen atoms in total. The summed E-state index contributed by atoms with van der Waals surface area (Å²) in [7, 11) is 0. The lowest BCUT2D eigenvalue weighted by Crippen LogP contribution is -2.44. The smallest absolute Gasteiger partial charge is 0.410 e. The van der Waals surface area contributed by atoms with Crippen molar-refractivity contribution in [1.82, 2.24) is 4.90 Å². The van der Waals surface area contributed by atoms with Crippen LogP contribution in [0, 0.1) is 28.4 Å². The molecule has 0 bridgehead atoms. The highest BCUT2D eigenvalue weighted by molar-refractivity contribution is 5.68. The molecular weight excluding hydrogens is 474 g/mol. The number of carbonyl (C=O) groups is 1. The van der Waals surface area contributed by atoms with Crippen LogP contribution in [0.15, 0.2) is 42.5 Å². The third-order valence-corrected chi connectivity index (χ3v) is 5.92. The molecule has 1 aliphatic rings. The lowest BCUT2D eigenvalue weighted by Gasteiger charge is -2.33. The highest BCUT2D eigenvalue weighted by Gasteiger charge is 2.28. The Labute approximate surface area is 217 Å². The van der Waals surface area contributed by atoms with Crippen molar-refractivity contribution in [1.29, 1.82) is 5.26 Å². The Balaban J connectivity index is 1.69. The number of rotatable bonds is 7.